The number of aryl methyl sites for hydroxylation is 1. The third-order valence-electron chi connectivity index (χ3n) is 2.41. The minimum atomic E-state index is -1.50. The van der Waals surface area contributed by atoms with Crippen LogP contribution in [0.25, 0.3) is 0 Å². The lowest BCUT2D eigenvalue weighted by Crippen LogP contribution is -2.28. The Morgan fingerprint density at radius 2 is 2.29 bits per heavy atom. The molecule has 5 nitrogen and oxygen atoms in total. The van der Waals surface area contributed by atoms with Crippen LogP contribution in [0.3, 0.4) is 0 Å². The van der Waals surface area contributed by atoms with Gasteiger partial charge in [-0.1, -0.05) is 0 Å². The molecule has 0 aliphatic carbocycles. The summed E-state index contributed by atoms with van der Waals surface area (Å²) in [5.41, 5.74) is -0.154. The SMILES string of the molecule is Cc1csc(C2(C)OC(OC(=O)O)=CC2=O)c1. The topological polar surface area (TPSA) is 72.8 Å². The normalized spacial score (nSPS) is 23.2. The zero-order chi connectivity index (χ0) is 12.6. The first-order valence-corrected chi connectivity index (χ1v) is 5.71. The van der Waals surface area contributed by atoms with Crippen LogP contribution in [0.5, 0.6) is 0 Å². The Morgan fingerprint density at radius 3 is 2.82 bits per heavy atom. The van der Waals surface area contributed by atoms with Crippen LogP contribution in [0.2, 0.25) is 0 Å². The van der Waals surface area contributed by atoms with E-state index in [0.717, 1.165) is 16.5 Å². The second-order valence-corrected chi connectivity index (χ2v) is 4.73. The van der Waals surface area contributed by atoms with Crippen molar-refractivity contribution in [3.05, 3.63) is 33.9 Å². The molecule has 1 atom stereocenters. The molecular formula is C11H10O5S. The van der Waals surface area contributed by atoms with Gasteiger partial charge in [-0.15, -0.1) is 11.3 Å². The monoisotopic (exact) mass is 254 g/mol. The maximum atomic E-state index is 11.8. The van der Waals surface area contributed by atoms with Crippen LogP contribution in [-0.2, 0) is 19.9 Å². The molecule has 0 radical (unpaired) electrons. The van der Waals surface area contributed by atoms with Crippen molar-refractivity contribution in [1.82, 2.24) is 0 Å². The molecule has 17 heavy (non-hydrogen) atoms. The van der Waals surface area contributed by atoms with Crippen LogP contribution in [0.1, 0.15) is 17.4 Å². The van der Waals surface area contributed by atoms with Gasteiger partial charge >= 0.3 is 6.16 Å². The van der Waals surface area contributed by atoms with Crippen LogP contribution < -0.4 is 0 Å². The minimum absolute atomic E-state index is 0.281. The minimum Gasteiger partial charge on any atom is -0.449 e. The van der Waals surface area contributed by atoms with Crippen LogP contribution in [0, 0.1) is 6.92 Å². The van der Waals surface area contributed by atoms with E-state index in [2.05, 4.69) is 4.74 Å². The number of hydrogen-bond donors (Lipinski definition) is 1. The number of carbonyl (C=O) groups is 2. The first-order chi connectivity index (χ1) is 7.91. The molecular weight excluding hydrogens is 244 g/mol. The molecule has 0 bridgehead atoms. The van der Waals surface area contributed by atoms with E-state index in [1.807, 2.05) is 18.4 Å². The number of ketones is 1. The highest BCUT2D eigenvalue weighted by Gasteiger charge is 2.44. The highest BCUT2D eigenvalue weighted by molar-refractivity contribution is 7.10. The van der Waals surface area contributed by atoms with Crippen molar-refractivity contribution in [3.8, 4) is 0 Å². The largest absolute Gasteiger partial charge is 0.513 e. The third kappa shape index (κ3) is 2.03. The molecule has 0 saturated heterocycles. The Balaban J connectivity index is 2.25. The lowest BCUT2D eigenvalue weighted by atomic mass is 10.00. The summed E-state index contributed by atoms with van der Waals surface area (Å²) in [6.07, 6.45) is -0.445. The lowest BCUT2D eigenvalue weighted by molar-refractivity contribution is -0.132. The van der Waals surface area contributed by atoms with E-state index < -0.39 is 11.8 Å². The number of hydrogen-bond acceptors (Lipinski definition) is 5. The Bertz CT molecular complexity index is 516. The van der Waals surface area contributed by atoms with Gasteiger partial charge in [-0.05, 0) is 30.9 Å². The first-order valence-electron chi connectivity index (χ1n) is 4.83. The second-order valence-electron chi connectivity index (χ2n) is 3.82. The average molecular weight is 254 g/mol. The summed E-state index contributed by atoms with van der Waals surface area (Å²) >= 11 is 1.39. The Morgan fingerprint density at radius 1 is 1.59 bits per heavy atom. The molecule has 90 valence electrons. The molecule has 1 aromatic heterocycles. The van der Waals surface area contributed by atoms with Gasteiger partial charge in [-0.3, -0.25) is 4.79 Å². The quantitative estimate of drug-likeness (QED) is 0.820. The van der Waals surface area contributed by atoms with E-state index in [1.54, 1.807) is 6.92 Å². The second kappa shape index (κ2) is 3.89. The molecule has 2 heterocycles. The molecule has 0 saturated carbocycles. The average Bonchev–Trinajstić information content (AvgIpc) is 2.73. The van der Waals surface area contributed by atoms with Gasteiger partial charge in [0.1, 0.15) is 0 Å². The van der Waals surface area contributed by atoms with Gasteiger partial charge in [0.05, 0.1) is 11.0 Å². The van der Waals surface area contributed by atoms with Gasteiger partial charge in [0.25, 0.3) is 5.95 Å². The van der Waals surface area contributed by atoms with Gasteiger partial charge in [0.2, 0.25) is 11.4 Å². The lowest BCUT2D eigenvalue weighted by Gasteiger charge is -2.21. The highest BCUT2D eigenvalue weighted by Crippen LogP contribution is 2.38. The summed E-state index contributed by atoms with van der Waals surface area (Å²) < 4.78 is 9.63. The van der Waals surface area contributed by atoms with Crippen molar-refractivity contribution < 1.29 is 24.2 Å². The van der Waals surface area contributed by atoms with Crippen LogP contribution in [-0.4, -0.2) is 17.0 Å². The summed E-state index contributed by atoms with van der Waals surface area (Å²) in [6.45, 7) is 3.50. The zero-order valence-electron chi connectivity index (χ0n) is 9.22. The van der Waals surface area contributed by atoms with Gasteiger partial charge in [-0.25, -0.2) is 4.79 Å². The summed E-state index contributed by atoms with van der Waals surface area (Å²) in [6, 6.07) is 1.83. The van der Waals surface area contributed by atoms with Gasteiger partial charge in [0, 0.05) is 0 Å². The van der Waals surface area contributed by atoms with Crippen LogP contribution >= 0.6 is 11.3 Å². The fourth-order valence-electron chi connectivity index (χ4n) is 1.52. The molecule has 0 amide bonds. The van der Waals surface area contributed by atoms with E-state index in [0.29, 0.717) is 0 Å². The highest BCUT2D eigenvalue weighted by atomic mass is 32.1. The molecule has 0 aromatic carbocycles. The molecule has 1 aliphatic heterocycles. The van der Waals surface area contributed by atoms with Crippen molar-refractivity contribution in [2.24, 2.45) is 0 Å². The van der Waals surface area contributed by atoms with Crippen molar-refractivity contribution in [2.75, 3.05) is 0 Å². The Hall–Kier alpha value is -1.82. The summed E-state index contributed by atoms with van der Waals surface area (Å²) in [5, 5.41) is 10.3. The van der Waals surface area contributed by atoms with Crippen molar-refractivity contribution in [2.45, 2.75) is 19.4 Å². The summed E-state index contributed by atoms with van der Waals surface area (Å²) in [4.78, 5) is 22.9. The smallest absolute Gasteiger partial charge is 0.449 e. The standard InChI is InChI=1S/C11H10O5S/c1-6-3-8(17-5-6)11(2)7(12)4-9(16-11)15-10(13)14/h3-5H,1-2H3,(H,13,14). The maximum Gasteiger partial charge on any atom is 0.513 e. The fourth-order valence-corrected chi connectivity index (χ4v) is 2.52. The van der Waals surface area contributed by atoms with E-state index in [9.17, 15) is 9.59 Å². The number of thiophene rings is 1. The molecule has 0 fully saturated rings. The molecule has 0 spiro atoms. The molecule has 1 unspecified atom stereocenters. The predicted molar refractivity (Wildman–Crippen MR) is 59.7 cm³/mol. The maximum absolute atomic E-state index is 11.8. The number of rotatable bonds is 2. The van der Waals surface area contributed by atoms with Gasteiger partial charge in [0.15, 0.2) is 0 Å². The molecule has 1 N–H and O–H groups in total. The van der Waals surface area contributed by atoms with Crippen LogP contribution in [0.15, 0.2) is 23.5 Å². The molecule has 1 aliphatic rings. The molecule has 1 aromatic rings. The van der Waals surface area contributed by atoms with E-state index in [4.69, 9.17) is 9.84 Å². The van der Waals surface area contributed by atoms with Crippen molar-refractivity contribution >= 4 is 23.3 Å². The van der Waals surface area contributed by atoms with Crippen LogP contribution in [0.4, 0.5) is 4.79 Å². The van der Waals surface area contributed by atoms with E-state index in [-0.39, 0.29) is 11.7 Å². The van der Waals surface area contributed by atoms with Gasteiger partial charge in [-0.2, -0.15) is 0 Å². The first kappa shape index (κ1) is 11.7. The number of carbonyl (C=O) groups excluding carboxylic acids is 1. The summed E-state index contributed by atoms with van der Waals surface area (Å²) in [7, 11) is 0. The Labute approximate surface area is 101 Å². The van der Waals surface area contributed by atoms with E-state index in [1.165, 1.54) is 11.3 Å². The number of carboxylic acid groups (broad SMARTS) is 1. The van der Waals surface area contributed by atoms with Gasteiger partial charge < -0.3 is 14.6 Å². The predicted octanol–water partition coefficient (Wildman–Crippen LogP) is 2.41. The van der Waals surface area contributed by atoms with Crippen molar-refractivity contribution in [3.63, 3.8) is 0 Å². The third-order valence-corrected chi connectivity index (χ3v) is 3.66. The Kier molecular flexibility index (Phi) is 2.66. The molecule has 2 rings (SSSR count). The van der Waals surface area contributed by atoms with E-state index >= 15 is 0 Å². The fraction of sp³-hybridized carbons (Fsp3) is 0.273. The number of ether oxygens (including phenoxy) is 2. The van der Waals surface area contributed by atoms with Crippen molar-refractivity contribution in [1.29, 1.82) is 0 Å². The molecule has 6 heteroatoms. The zero-order valence-corrected chi connectivity index (χ0v) is 10.0. The summed E-state index contributed by atoms with van der Waals surface area (Å²) in [5.74, 6) is -0.605.